The summed E-state index contributed by atoms with van der Waals surface area (Å²) in [5.74, 6) is 0.142. The van der Waals surface area contributed by atoms with Crippen LogP contribution in [0, 0.1) is 0 Å². The minimum absolute atomic E-state index is 0.142. The van der Waals surface area contributed by atoms with Gasteiger partial charge in [0, 0.05) is 32.8 Å². The van der Waals surface area contributed by atoms with Crippen molar-refractivity contribution in [3.8, 4) is 0 Å². The van der Waals surface area contributed by atoms with Crippen molar-refractivity contribution in [1.29, 1.82) is 0 Å². The molecular formula is C14H24N2O4. The van der Waals surface area contributed by atoms with Gasteiger partial charge in [-0.2, -0.15) is 0 Å². The molecule has 3 saturated heterocycles. The number of likely N-dealkylation sites (tertiary alicyclic amines) is 1. The van der Waals surface area contributed by atoms with Gasteiger partial charge in [0.1, 0.15) is 0 Å². The molecule has 2 atom stereocenters. The summed E-state index contributed by atoms with van der Waals surface area (Å²) in [6.45, 7) is 5.14. The van der Waals surface area contributed by atoms with Crippen molar-refractivity contribution < 1.29 is 19.4 Å². The van der Waals surface area contributed by atoms with E-state index in [-0.39, 0.29) is 11.5 Å². The lowest BCUT2D eigenvalue weighted by atomic mass is 9.86. The van der Waals surface area contributed by atoms with Gasteiger partial charge in [0.25, 0.3) is 0 Å². The fourth-order valence-corrected chi connectivity index (χ4v) is 3.44. The summed E-state index contributed by atoms with van der Waals surface area (Å²) in [6.07, 6.45) is 2.32. The highest BCUT2D eigenvalue weighted by Crippen LogP contribution is 2.35. The van der Waals surface area contributed by atoms with Crippen LogP contribution in [0.1, 0.15) is 19.3 Å². The maximum Gasteiger partial charge on any atom is 0.236 e. The number of piperidine rings is 1. The normalized spacial score (nSPS) is 35.6. The number of aliphatic hydroxyl groups excluding tert-OH is 1. The van der Waals surface area contributed by atoms with Crippen molar-refractivity contribution in [3.05, 3.63) is 0 Å². The number of amides is 1. The summed E-state index contributed by atoms with van der Waals surface area (Å²) in [7, 11) is 0. The van der Waals surface area contributed by atoms with E-state index in [0.717, 1.165) is 32.4 Å². The first-order valence-electron chi connectivity index (χ1n) is 7.59. The van der Waals surface area contributed by atoms with Gasteiger partial charge in [0.2, 0.25) is 5.91 Å². The number of ether oxygens (including phenoxy) is 2. The number of nitrogens with zero attached hydrogens (tertiary/aromatic N) is 2. The van der Waals surface area contributed by atoms with Gasteiger partial charge in [0.15, 0.2) is 0 Å². The summed E-state index contributed by atoms with van der Waals surface area (Å²) in [6, 6.07) is 0. The monoisotopic (exact) mass is 284 g/mol. The van der Waals surface area contributed by atoms with Gasteiger partial charge in [0.05, 0.1) is 31.5 Å². The van der Waals surface area contributed by atoms with E-state index in [9.17, 15) is 9.90 Å². The molecule has 0 saturated carbocycles. The zero-order chi connectivity index (χ0) is 14.0. The van der Waals surface area contributed by atoms with Gasteiger partial charge in [-0.1, -0.05) is 0 Å². The Hall–Kier alpha value is -0.690. The Balaban J connectivity index is 1.51. The zero-order valence-corrected chi connectivity index (χ0v) is 11.9. The molecule has 20 heavy (non-hydrogen) atoms. The summed E-state index contributed by atoms with van der Waals surface area (Å²) >= 11 is 0. The van der Waals surface area contributed by atoms with Gasteiger partial charge in [-0.15, -0.1) is 0 Å². The van der Waals surface area contributed by atoms with Gasteiger partial charge in [-0.05, 0) is 19.3 Å². The molecule has 3 fully saturated rings. The smallest absolute Gasteiger partial charge is 0.236 e. The molecule has 0 aromatic carbocycles. The largest absolute Gasteiger partial charge is 0.389 e. The molecule has 0 aromatic heterocycles. The van der Waals surface area contributed by atoms with Crippen LogP contribution in [0.15, 0.2) is 0 Å². The second-order valence-corrected chi connectivity index (χ2v) is 6.01. The Labute approximate surface area is 119 Å². The van der Waals surface area contributed by atoms with Crippen molar-refractivity contribution in [2.75, 3.05) is 52.5 Å². The predicted octanol–water partition coefficient (Wildman–Crippen LogP) is -0.539. The number of β-amino-alcohol motifs (C(OH)–C–C–N with tert-alkyl or cyclic N) is 1. The predicted molar refractivity (Wildman–Crippen MR) is 72.4 cm³/mol. The minimum Gasteiger partial charge on any atom is -0.389 e. The topological polar surface area (TPSA) is 62.2 Å². The molecule has 3 aliphatic heterocycles. The molecule has 6 nitrogen and oxygen atoms in total. The number of rotatable bonds is 2. The number of hydrogen-bond donors (Lipinski definition) is 1. The van der Waals surface area contributed by atoms with Crippen molar-refractivity contribution in [2.45, 2.75) is 31.0 Å². The van der Waals surface area contributed by atoms with E-state index >= 15 is 0 Å². The first-order chi connectivity index (χ1) is 9.70. The Bertz CT molecular complexity index is 351. The Morgan fingerprint density at radius 3 is 2.65 bits per heavy atom. The van der Waals surface area contributed by atoms with E-state index in [1.54, 1.807) is 0 Å². The molecule has 6 heteroatoms. The highest BCUT2D eigenvalue weighted by atomic mass is 16.5. The summed E-state index contributed by atoms with van der Waals surface area (Å²) < 4.78 is 11.0. The average molecular weight is 284 g/mol. The first kappa shape index (κ1) is 14.3. The van der Waals surface area contributed by atoms with Gasteiger partial charge in [-0.25, -0.2) is 0 Å². The van der Waals surface area contributed by atoms with Gasteiger partial charge < -0.3 is 19.5 Å². The highest BCUT2D eigenvalue weighted by molar-refractivity contribution is 5.78. The van der Waals surface area contributed by atoms with E-state index in [2.05, 4.69) is 4.90 Å². The highest BCUT2D eigenvalue weighted by Gasteiger charge is 2.45. The van der Waals surface area contributed by atoms with E-state index < -0.39 is 6.10 Å². The van der Waals surface area contributed by atoms with Crippen LogP contribution < -0.4 is 0 Å². The van der Waals surface area contributed by atoms with Crippen LogP contribution in [0.2, 0.25) is 0 Å². The summed E-state index contributed by atoms with van der Waals surface area (Å²) in [4.78, 5) is 16.1. The Kier molecular flexibility index (Phi) is 4.26. The Morgan fingerprint density at radius 1 is 1.20 bits per heavy atom. The van der Waals surface area contributed by atoms with Gasteiger partial charge >= 0.3 is 0 Å². The van der Waals surface area contributed by atoms with Crippen LogP contribution in [0.25, 0.3) is 0 Å². The summed E-state index contributed by atoms with van der Waals surface area (Å²) in [5.41, 5.74) is -0.335. The molecule has 0 aliphatic carbocycles. The van der Waals surface area contributed by atoms with Crippen molar-refractivity contribution in [2.24, 2.45) is 0 Å². The molecule has 1 N–H and O–H groups in total. The molecule has 1 amide bonds. The number of morpholine rings is 1. The third kappa shape index (κ3) is 2.83. The van der Waals surface area contributed by atoms with E-state index in [0.29, 0.717) is 39.4 Å². The molecule has 3 heterocycles. The molecule has 0 bridgehead atoms. The molecule has 0 aromatic rings. The Morgan fingerprint density at radius 2 is 2.00 bits per heavy atom. The van der Waals surface area contributed by atoms with E-state index in [1.165, 1.54) is 0 Å². The molecule has 3 rings (SSSR count). The molecular weight excluding hydrogens is 260 g/mol. The second-order valence-electron chi connectivity index (χ2n) is 6.01. The third-order valence-electron chi connectivity index (χ3n) is 4.75. The molecule has 0 unspecified atom stereocenters. The van der Waals surface area contributed by atoms with Crippen LogP contribution in [-0.2, 0) is 14.3 Å². The molecule has 0 radical (unpaired) electrons. The number of carbonyl (C=O) groups excluding carboxylic acids is 1. The van der Waals surface area contributed by atoms with Crippen LogP contribution in [0.5, 0.6) is 0 Å². The number of aliphatic hydroxyl groups is 1. The quantitative estimate of drug-likeness (QED) is 0.738. The first-order valence-corrected chi connectivity index (χ1v) is 7.59. The van der Waals surface area contributed by atoms with Crippen molar-refractivity contribution >= 4 is 5.91 Å². The standard InChI is InChI=1S/C14H24N2O4/c17-12-10-15(4-3-14(12)2-1-7-20-14)11-13(18)16-5-8-19-9-6-16/h12,17H,1-11H2/t12-,14-/m0/s1. The SMILES string of the molecule is O=C(CN1CC[C@@]2(CCCO2)[C@@H](O)C1)N1CCOCC1. The third-order valence-corrected chi connectivity index (χ3v) is 4.75. The lowest BCUT2D eigenvalue weighted by Gasteiger charge is -2.42. The van der Waals surface area contributed by atoms with Crippen LogP contribution >= 0.6 is 0 Å². The number of carbonyl (C=O) groups is 1. The van der Waals surface area contributed by atoms with Crippen molar-refractivity contribution in [1.82, 2.24) is 9.80 Å². The number of hydrogen-bond acceptors (Lipinski definition) is 5. The molecule has 1 spiro atoms. The average Bonchev–Trinajstić information content (AvgIpc) is 2.94. The maximum absolute atomic E-state index is 12.2. The van der Waals surface area contributed by atoms with Crippen LogP contribution in [0.3, 0.4) is 0 Å². The van der Waals surface area contributed by atoms with E-state index in [4.69, 9.17) is 9.47 Å². The molecule has 114 valence electrons. The van der Waals surface area contributed by atoms with Crippen molar-refractivity contribution in [3.63, 3.8) is 0 Å². The minimum atomic E-state index is -0.476. The van der Waals surface area contributed by atoms with Gasteiger partial charge in [-0.3, -0.25) is 9.69 Å². The lowest BCUT2D eigenvalue weighted by Crippen LogP contribution is -2.57. The van der Waals surface area contributed by atoms with E-state index in [1.807, 2.05) is 4.90 Å². The van der Waals surface area contributed by atoms with Crippen LogP contribution in [-0.4, -0.2) is 85.1 Å². The fourth-order valence-electron chi connectivity index (χ4n) is 3.44. The fraction of sp³-hybridized carbons (Fsp3) is 0.929. The summed E-state index contributed by atoms with van der Waals surface area (Å²) in [5, 5.41) is 10.3. The second kappa shape index (κ2) is 5.97. The van der Waals surface area contributed by atoms with Crippen LogP contribution in [0.4, 0.5) is 0 Å². The lowest BCUT2D eigenvalue weighted by molar-refractivity contribution is -0.145. The maximum atomic E-state index is 12.2. The molecule has 3 aliphatic rings. The zero-order valence-electron chi connectivity index (χ0n) is 11.9.